The Morgan fingerprint density at radius 2 is 1.61 bits per heavy atom. The molecule has 196 valence electrons. The van der Waals surface area contributed by atoms with Crippen molar-refractivity contribution < 1.29 is 16.8 Å². The fourth-order valence-electron chi connectivity index (χ4n) is 4.55. The minimum Gasteiger partial charge on any atom is -0.237 e. The lowest BCUT2D eigenvalue weighted by Crippen LogP contribution is -2.30. The summed E-state index contributed by atoms with van der Waals surface area (Å²) in [6.07, 6.45) is 3.15. The van der Waals surface area contributed by atoms with Crippen LogP contribution in [-0.2, 0) is 20.0 Å². The molecule has 0 spiro atoms. The van der Waals surface area contributed by atoms with Crippen molar-refractivity contribution in [3.63, 3.8) is 0 Å². The van der Waals surface area contributed by atoms with Gasteiger partial charge in [-0.15, -0.1) is 0 Å². The predicted octanol–water partition coefficient (Wildman–Crippen LogP) is 6.01. The van der Waals surface area contributed by atoms with Crippen LogP contribution < -0.4 is 0 Å². The maximum atomic E-state index is 13.8. The summed E-state index contributed by atoms with van der Waals surface area (Å²) in [6.45, 7) is 6.20. The van der Waals surface area contributed by atoms with Crippen LogP contribution >= 0.6 is 11.3 Å². The number of pyridine rings is 1. The third-order valence-electron chi connectivity index (χ3n) is 6.55. The monoisotopic (exact) mass is 565 g/mol. The highest BCUT2D eigenvalue weighted by atomic mass is 32.2. The van der Waals surface area contributed by atoms with Gasteiger partial charge in [0.1, 0.15) is 0 Å². The van der Waals surface area contributed by atoms with Crippen LogP contribution in [0.4, 0.5) is 0 Å². The van der Waals surface area contributed by atoms with Crippen LogP contribution in [0.3, 0.4) is 0 Å². The van der Waals surface area contributed by atoms with Gasteiger partial charge in [-0.2, -0.15) is 15.6 Å². The predicted molar refractivity (Wildman–Crippen MR) is 152 cm³/mol. The van der Waals surface area contributed by atoms with Crippen LogP contribution in [0.2, 0.25) is 0 Å². The average molecular weight is 566 g/mol. The first-order chi connectivity index (χ1) is 18.2. The van der Waals surface area contributed by atoms with Crippen LogP contribution in [0.5, 0.6) is 0 Å². The smallest absolute Gasteiger partial charge is 0.237 e. The summed E-state index contributed by atoms with van der Waals surface area (Å²) >= 11 is 1.54. The zero-order valence-electron chi connectivity index (χ0n) is 21.2. The van der Waals surface area contributed by atoms with Gasteiger partial charge < -0.3 is 0 Å². The SMILES string of the molecule is CCN(CC)S(=O)(=O)c1cccc(-c2cn(S(=O)(=O)c3ccc(C)cc3)c3nccc(-c4ccsc4)c23)c1. The number of hydrogen-bond acceptors (Lipinski definition) is 6. The summed E-state index contributed by atoms with van der Waals surface area (Å²) in [7, 11) is -7.70. The second kappa shape index (κ2) is 10.1. The van der Waals surface area contributed by atoms with Crippen molar-refractivity contribution in [1.29, 1.82) is 0 Å². The fourth-order valence-corrected chi connectivity index (χ4v) is 8.02. The minimum absolute atomic E-state index is 0.146. The van der Waals surface area contributed by atoms with Gasteiger partial charge in [0.05, 0.1) is 9.79 Å². The lowest BCUT2D eigenvalue weighted by atomic mass is 10.00. The van der Waals surface area contributed by atoms with Crippen LogP contribution in [0.15, 0.2) is 93.6 Å². The molecular formula is C28H27N3O4S3. The van der Waals surface area contributed by atoms with E-state index in [1.54, 1.807) is 74.8 Å². The molecule has 7 nitrogen and oxygen atoms in total. The molecule has 2 aromatic carbocycles. The molecule has 0 fully saturated rings. The minimum atomic E-state index is -3.98. The molecule has 0 saturated carbocycles. The summed E-state index contributed by atoms with van der Waals surface area (Å²) < 4.78 is 56.8. The highest BCUT2D eigenvalue weighted by Crippen LogP contribution is 2.39. The van der Waals surface area contributed by atoms with E-state index in [0.717, 1.165) is 16.7 Å². The van der Waals surface area contributed by atoms with E-state index in [-0.39, 0.29) is 15.4 Å². The van der Waals surface area contributed by atoms with Crippen molar-refractivity contribution in [3.05, 3.63) is 89.4 Å². The Labute approximate surface area is 227 Å². The van der Waals surface area contributed by atoms with Gasteiger partial charge in [0, 0.05) is 36.4 Å². The second-order valence-electron chi connectivity index (χ2n) is 8.84. The molecule has 0 atom stereocenters. The lowest BCUT2D eigenvalue weighted by molar-refractivity contribution is 0.445. The first-order valence-corrected chi connectivity index (χ1v) is 16.0. The van der Waals surface area contributed by atoms with Crippen LogP contribution in [0.25, 0.3) is 33.3 Å². The number of benzene rings is 2. The molecule has 3 aromatic heterocycles. The van der Waals surface area contributed by atoms with E-state index in [2.05, 4.69) is 4.98 Å². The van der Waals surface area contributed by atoms with Gasteiger partial charge in [0.25, 0.3) is 10.0 Å². The van der Waals surface area contributed by atoms with Crippen molar-refractivity contribution >= 4 is 42.4 Å². The molecule has 0 aliphatic heterocycles. The summed E-state index contributed by atoms with van der Waals surface area (Å²) in [6, 6.07) is 17.1. The molecule has 5 rings (SSSR count). The Bertz CT molecular complexity index is 1820. The first-order valence-electron chi connectivity index (χ1n) is 12.1. The van der Waals surface area contributed by atoms with E-state index in [9.17, 15) is 16.8 Å². The first kappa shape index (κ1) is 26.3. The molecule has 0 aliphatic carbocycles. The van der Waals surface area contributed by atoms with Crippen LogP contribution in [-0.4, -0.2) is 43.2 Å². The van der Waals surface area contributed by atoms with Gasteiger partial charge in [-0.3, -0.25) is 0 Å². The standard InChI is InChI=1S/C28H27N3O4S3/c1-4-30(5-2)37(32,33)24-8-6-7-21(17-24)26-18-31(38(34,35)23-11-9-20(3)10-12-23)28-27(26)25(13-15-29-28)22-14-16-36-19-22/h6-19H,4-5H2,1-3H3. The van der Waals surface area contributed by atoms with Crippen molar-refractivity contribution in [1.82, 2.24) is 13.3 Å². The van der Waals surface area contributed by atoms with Gasteiger partial charge in [0.2, 0.25) is 10.0 Å². The molecule has 0 aliphatic rings. The third-order valence-corrected chi connectivity index (χ3v) is 10.9. The Hall–Kier alpha value is -3.31. The summed E-state index contributed by atoms with van der Waals surface area (Å²) in [5, 5.41) is 4.59. The highest BCUT2D eigenvalue weighted by molar-refractivity contribution is 7.90. The lowest BCUT2D eigenvalue weighted by Gasteiger charge is -2.18. The van der Waals surface area contributed by atoms with E-state index < -0.39 is 20.0 Å². The molecule has 10 heteroatoms. The number of sulfonamides is 1. The van der Waals surface area contributed by atoms with E-state index in [1.807, 2.05) is 29.8 Å². The normalized spacial score (nSPS) is 12.4. The molecule has 3 heterocycles. The Kier molecular flexibility index (Phi) is 6.99. The molecule has 0 amide bonds. The number of rotatable bonds is 8. The van der Waals surface area contributed by atoms with Crippen molar-refractivity contribution in [2.24, 2.45) is 0 Å². The van der Waals surface area contributed by atoms with Crippen molar-refractivity contribution in [3.8, 4) is 22.3 Å². The van der Waals surface area contributed by atoms with Gasteiger partial charge in [-0.1, -0.05) is 43.7 Å². The maximum absolute atomic E-state index is 13.8. The molecule has 0 saturated heterocycles. The second-order valence-corrected chi connectivity index (χ2v) is 13.4. The zero-order valence-corrected chi connectivity index (χ0v) is 23.6. The van der Waals surface area contributed by atoms with Crippen LogP contribution in [0.1, 0.15) is 19.4 Å². The molecular weight excluding hydrogens is 539 g/mol. The molecule has 38 heavy (non-hydrogen) atoms. The number of thiophene rings is 1. The van der Waals surface area contributed by atoms with Crippen molar-refractivity contribution in [2.75, 3.05) is 13.1 Å². The number of hydrogen-bond donors (Lipinski definition) is 0. The Morgan fingerprint density at radius 1 is 0.868 bits per heavy atom. The number of fused-ring (bicyclic) bond motifs is 1. The number of aryl methyl sites for hydroxylation is 1. The zero-order chi connectivity index (χ0) is 27.1. The van der Waals surface area contributed by atoms with Crippen molar-refractivity contribution in [2.45, 2.75) is 30.6 Å². The topological polar surface area (TPSA) is 89.3 Å². The maximum Gasteiger partial charge on any atom is 0.269 e. The van der Waals surface area contributed by atoms with Crippen LogP contribution in [0, 0.1) is 6.92 Å². The van der Waals surface area contributed by atoms with Gasteiger partial charge in [0.15, 0.2) is 5.65 Å². The van der Waals surface area contributed by atoms with E-state index in [0.29, 0.717) is 29.6 Å². The number of aromatic nitrogens is 2. The molecule has 5 aromatic rings. The van der Waals surface area contributed by atoms with Gasteiger partial charge in [-0.05, 0) is 70.8 Å². The third kappa shape index (κ3) is 4.47. The summed E-state index contributed by atoms with van der Waals surface area (Å²) in [5.74, 6) is 0. The average Bonchev–Trinajstić information content (AvgIpc) is 3.58. The molecule has 0 bridgehead atoms. The van der Waals surface area contributed by atoms with Gasteiger partial charge >= 0.3 is 0 Å². The van der Waals surface area contributed by atoms with E-state index in [1.165, 1.54) is 19.6 Å². The van der Waals surface area contributed by atoms with Gasteiger partial charge in [-0.25, -0.2) is 25.8 Å². The largest absolute Gasteiger partial charge is 0.269 e. The molecule has 0 N–H and O–H groups in total. The van der Waals surface area contributed by atoms with E-state index >= 15 is 0 Å². The summed E-state index contributed by atoms with van der Waals surface area (Å²) in [4.78, 5) is 4.79. The quantitative estimate of drug-likeness (QED) is 0.230. The number of nitrogens with zero attached hydrogens (tertiary/aromatic N) is 3. The summed E-state index contributed by atoms with van der Waals surface area (Å²) in [5.41, 5.74) is 4.15. The molecule has 0 unspecified atom stereocenters. The van der Waals surface area contributed by atoms with E-state index in [4.69, 9.17) is 0 Å². The molecule has 0 radical (unpaired) electrons. The fraction of sp³-hybridized carbons (Fsp3) is 0.179. The Morgan fingerprint density at radius 3 is 2.26 bits per heavy atom. The Balaban J connectivity index is 1.80. The highest BCUT2D eigenvalue weighted by Gasteiger charge is 2.26.